The van der Waals surface area contributed by atoms with Gasteiger partial charge in [-0.3, -0.25) is 0 Å². The van der Waals surface area contributed by atoms with Gasteiger partial charge in [-0.2, -0.15) is 0 Å². The summed E-state index contributed by atoms with van der Waals surface area (Å²) < 4.78 is 11.2. The molecule has 1 heterocycles. The molecular formula is C8H15O4P. The molecule has 0 aromatic heterocycles. The third-order valence-electron chi connectivity index (χ3n) is 2.27. The minimum absolute atomic E-state index is 0.227. The van der Waals surface area contributed by atoms with Crippen molar-refractivity contribution >= 4 is 19.6 Å². The first-order chi connectivity index (χ1) is 6.13. The molecule has 0 radical (unpaired) electrons. The van der Waals surface area contributed by atoms with E-state index in [9.17, 15) is 9.59 Å². The Balaban J connectivity index is 2.81. The van der Waals surface area contributed by atoms with Crippen LogP contribution in [-0.4, -0.2) is 44.8 Å². The molecule has 0 bridgehead atoms. The number of carbonyl (C=O) groups excluding carboxylic acids is 2. The van der Waals surface area contributed by atoms with Gasteiger partial charge >= 0.3 is 76.9 Å². The average molecular weight is 206 g/mol. The zero-order valence-electron chi connectivity index (χ0n) is 7.77. The Hall–Kier alpha value is -0.310. The molecule has 4 nitrogen and oxygen atoms in total. The SMILES string of the molecule is CP1(CC=O)(CC=O)OCCCO1. The Morgan fingerprint density at radius 2 is 1.62 bits per heavy atom. The monoisotopic (exact) mass is 206 g/mol. The van der Waals surface area contributed by atoms with E-state index in [1.54, 1.807) is 6.66 Å². The van der Waals surface area contributed by atoms with Gasteiger partial charge in [0.2, 0.25) is 0 Å². The summed E-state index contributed by atoms with van der Waals surface area (Å²) in [6.07, 6.45) is 2.86. The zero-order chi connectivity index (χ0) is 9.81. The molecule has 0 aliphatic carbocycles. The Morgan fingerprint density at radius 3 is 2.00 bits per heavy atom. The molecular weight excluding hydrogens is 191 g/mol. The summed E-state index contributed by atoms with van der Waals surface area (Å²) in [5, 5.41) is 0. The van der Waals surface area contributed by atoms with E-state index < -0.39 is 7.06 Å². The molecule has 1 rings (SSSR count). The van der Waals surface area contributed by atoms with Crippen molar-refractivity contribution in [2.75, 3.05) is 32.2 Å². The van der Waals surface area contributed by atoms with Gasteiger partial charge in [0, 0.05) is 0 Å². The van der Waals surface area contributed by atoms with Crippen LogP contribution in [0.1, 0.15) is 6.42 Å². The molecule has 1 aliphatic heterocycles. The Labute approximate surface area is 77.7 Å². The molecule has 76 valence electrons. The summed E-state index contributed by atoms with van der Waals surface area (Å²) in [6.45, 7) is 2.99. The third-order valence-corrected chi connectivity index (χ3v) is 6.23. The van der Waals surface area contributed by atoms with E-state index in [1.807, 2.05) is 0 Å². The van der Waals surface area contributed by atoms with E-state index >= 15 is 0 Å². The quantitative estimate of drug-likeness (QED) is 0.505. The van der Waals surface area contributed by atoms with Gasteiger partial charge < -0.3 is 0 Å². The Kier molecular flexibility index (Phi) is 3.17. The normalized spacial score (nSPS) is 28.2. The molecule has 0 N–H and O–H groups in total. The van der Waals surface area contributed by atoms with Crippen LogP contribution in [0.3, 0.4) is 0 Å². The number of rotatable bonds is 4. The van der Waals surface area contributed by atoms with Crippen molar-refractivity contribution in [3.8, 4) is 0 Å². The summed E-state index contributed by atoms with van der Waals surface area (Å²) in [6, 6.07) is 0. The van der Waals surface area contributed by atoms with Crippen LogP contribution in [0.2, 0.25) is 0 Å². The summed E-state index contributed by atoms with van der Waals surface area (Å²) in [5.41, 5.74) is 0. The van der Waals surface area contributed by atoms with Crippen LogP contribution < -0.4 is 0 Å². The zero-order valence-corrected chi connectivity index (χ0v) is 8.66. The molecule has 1 saturated heterocycles. The van der Waals surface area contributed by atoms with Gasteiger partial charge in [-0.15, -0.1) is 0 Å². The second kappa shape index (κ2) is 3.82. The minimum atomic E-state index is -2.89. The van der Waals surface area contributed by atoms with Gasteiger partial charge in [0.15, 0.2) is 0 Å². The fraction of sp³-hybridized carbons (Fsp3) is 0.750. The van der Waals surface area contributed by atoms with Crippen LogP contribution in [0, 0.1) is 0 Å². The molecule has 0 atom stereocenters. The van der Waals surface area contributed by atoms with Crippen molar-refractivity contribution in [1.29, 1.82) is 0 Å². The van der Waals surface area contributed by atoms with E-state index in [-0.39, 0.29) is 12.3 Å². The predicted molar refractivity (Wildman–Crippen MR) is 51.2 cm³/mol. The standard InChI is InChI=1S/C8H15O4P/c1-13(7-3-9,8-4-10)11-5-2-6-12-13/h3-4H,2,5-8H2,1H3. The van der Waals surface area contributed by atoms with Crippen molar-refractivity contribution in [3.63, 3.8) is 0 Å². The van der Waals surface area contributed by atoms with Gasteiger partial charge in [0.1, 0.15) is 0 Å². The first kappa shape index (κ1) is 10.8. The molecule has 0 amide bonds. The molecule has 0 unspecified atom stereocenters. The van der Waals surface area contributed by atoms with Crippen molar-refractivity contribution in [2.24, 2.45) is 0 Å². The van der Waals surface area contributed by atoms with Crippen LogP contribution >= 0.6 is 7.06 Å². The fourth-order valence-electron chi connectivity index (χ4n) is 1.40. The molecule has 0 aromatic rings. The van der Waals surface area contributed by atoms with Gasteiger partial charge in [0.05, 0.1) is 0 Å². The van der Waals surface area contributed by atoms with Crippen molar-refractivity contribution in [1.82, 2.24) is 0 Å². The summed E-state index contributed by atoms with van der Waals surface area (Å²) in [4.78, 5) is 21.0. The van der Waals surface area contributed by atoms with E-state index in [4.69, 9.17) is 9.05 Å². The van der Waals surface area contributed by atoms with E-state index in [0.717, 1.165) is 19.0 Å². The van der Waals surface area contributed by atoms with E-state index in [0.29, 0.717) is 13.2 Å². The Morgan fingerprint density at radius 1 is 1.15 bits per heavy atom. The van der Waals surface area contributed by atoms with E-state index in [2.05, 4.69) is 0 Å². The first-order valence-corrected chi connectivity index (χ1v) is 7.20. The van der Waals surface area contributed by atoms with Gasteiger partial charge in [-0.05, 0) is 0 Å². The van der Waals surface area contributed by atoms with Crippen molar-refractivity contribution in [2.45, 2.75) is 6.42 Å². The number of aldehydes is 2. The molecule has 5 heteroatoms. The number of hydrogen-bond acceptors (Lipinski definition) is 4. The van der Waals surface area contributed by atoms with Gasteiger partial charge in [0.25, 0.3) is 0 Å². The van der Waals surface area contributed by atoms with Gasteiger partial charge in [-0.25, -0.2) is 0 Å². The molecule has 1 aliphatic rings. The third kappa shape index (κ3) is 2.33. The molecule has 0 aromatic carbocycles. The second-order valence-corrected chi connectivity index (χ2v) is 8.40. The number of carbonyl (C=O) groups is 2. The first-order valence-electron chi connectivity index (χ1n) is 4.31. The summed E-state index contributed by atoms with van der Waals surface area (Å²) >= 11 is 0. The topological polar surface area (TPSA) is 52.6 Å². The van der Waals surface area contributed by atoms with Crippen LogP contribution in [0.15, 0.2) is 0 Å². The Bertz CT molecular complexity index is 196. The van der Waals surface area contributed by atoms with Crippen molar-refractivity contribution in [3.05, 3.63) is 0 Å². The van der Waals surface area contributed by atoms with Gasteiger partial charge in [-0.1, -0.05) is 0 Å². The maximum atomic E-state index is 10.5. The summed E-state index contributed by atoms with van der Waals surface area (Å²) in [5.74, 6) is 0. The van der Waals surface area contributed by atoms with Crippen LogP contribution in [0.5, 0.6) is 0 Å². The van der Waals surface area contributed by atoms with E-state index in [1.165, 1.54) is 0 Å². The predicted octanol–water partition coefficient (Wildman–Crippen LogP) is 0.834. The molecule has 0 saturated carbocycles. The molecule has 13 heavy (non-hydrogen) atoms. The molecule has 0 spiro atoms. The van der Waals surface area contributed by atoms with Crippen LogP contribution in [0.4, 0.5) is 0 Å². The average Bonchev–Trinajstić information content (AvgIpc) is 2.05. The molecule has 1 fully saturated rings. The maximum absolute atomic E-state index is 10.5. The van der Waals surface area contributed by atoms with Crippen LogP contribution in [-0.2, 0) is 18.6 Å². The fourth-order valence-corrected chi connectivity index (χ4v) is 4.09. The number of hydrogen-bond donors (Lipinski definition) is 0. The van der Waals surface area contributed by atoms with Crippen molar-refractivity contribution < 1.29 is 18.6 Å². The second-order valence-electron chi connectivity index (χ2n) is 3.53. The van der Waals surface area contributed by atoms with Crippen LogP contribution in [0.25, 0.3) is 0 Å². The summed E-state index contributed by atoms with van der Waals surface area (Å²) in [7, 11) is -2.89.